The van der Waals surface area contributed by atoms with Crippen LogP contribution in [0.1, 0.15) is 54.4 Å². The van der Waals surface area contributed by atoms with E-state index in [9.17, 15) is 9.59 Å². The molecular formula is C28H31N5O3. The van der Waals surface area contributed by atoms with Gasteiger partial charge in [-0.1, -0.05) is 24.3 Å². The van der Waals surface area contributed by atoms with Gasteiger partial charge in [0.2, 0.25) is 5.91 Å². The normalized spacial score (nSPS) is 14.5. The average molecular weight is 486 g/mol. The van der Waals surface area contributed by atoms with Gasteiger partial charge in [0.25, 0.3) is 5.91 Å². The molecule has 1 aliphatic heterocycles. The summed E-state index contributed by atoms with van der Waals surface area (Å²) in [4.78, 5) is 33.2. The van der Waals surface area contributed by atoms with Crippen molar-refractivity contribution in [3.05, 3.63) is 71.8 Å². The first-order valence-electron chi connectivity index (χ1n) is 12.5. The number of hydrogen-bond acceptors (Lipinski definition) is 5. The lowest BCUT2D eigenvalue weighted by atomic mass is 9.95. The third-order valence-electron chi connectivity index (χ3n) is 6.88. The molecule has 36 heavy (non-hydrogen) atoms. The molecule has 1 N–H and O–H groups in total. The van der Waals surface area contributed by atoms with E-state index in [2.05, 4.69) is 24.3 Å². The summed E-state index contributed by atoms with van der Waals surface area (Å²) >= 11 is 0. The van der Waals surface area contributed by atoms with E-state index in [1.165, 1.54) is 0 Å². The van der Waals surface area contributed by atoms with Crippen molar-refractivity contribution in [3.8, 4) is 11.3 Å². The lowest BCUT2D eigenvalue weighted by Gasteiger charge is -2.31. The molecule has 186 valence electrons. The fourth-order valence-electron chi connectivity index (χ4n) is 4.82. The average Bonchev–Trinajstić information content (AvgIpc) is 3.57. The van der Waals surface area contributed by atoms with E-state index >= 15 is 0 Å². The van der Waals surface area contributed by atoms with Gasteiger partial charge in [-0.2, -0.15) is 5.10 Å². The summed E-state index contributed by atoms with van der Waals surface area (Å²) in [6, 6.07) is 13.7. The number of fused-ring (bicyclic) bond motifs is 1. The van der Waals surface area contributed by atoms with Crippen molar-refractivity contribution in [3.63, 3.8) is 0 Å². The fraction of sp³-hybridized carbons (Fsp3) is 0.357. The number of amides is 2. The van der Waals surface area contributed by atoms with Gasteiger partial charge in [0.15, 0.2) is 5.65 Å². The number of nitrogens with one attached hydrogen (secondary N) is 1. The molecule has 4 aromatic rings. The van der Waals surface area contributed by atoms with Crippen LogP contribution in [0, 0.1) is 12.8 Å². The topological polar surface area (TPSA) is 93.3 Å². The number of furan rings is 1. The van der Waals surface area contributed by atoms with Gasteiger partial charge in [0.1, 0.15) is 5.76 Å². The van der Waals surface area contributed by atoms with Gasteiger partial charge in [-0.3, -0.25) is 9.59 Å². The van der Waals surface area contributed by atoms with Gasteiger partial charge in [-0.05, 0) is 57.4 Å². The van der Waals surface area contributed by atoms with Crippen LogP contribution in [0.5, 0.6) is 0 Å². The molecule has 0 spiro atoms. The molecule has 0 atom stereocenters. The minimum absolute atomic E-state index is 0.00449. The number of benzene rings is 1. The summed E-state index contributed by atoms with van der Waals surface area (Å²) in [6.45, 7) is 7.58. The molecule has 8 heteroatoms. The van der Waals surface area contributed by atoms with Crippen molar-refractivity contribution >= 4 is 22.8 Å². The van der Waals surface area contributed by atoms with Crippen LogP contribution < -0.4 is 5.32 Å². The number of carbonyl (C=O) groups excluding carboxylic acids is 2. The molecule has 3 aromatic heterocycles. The van der Waals surface area contributed by atoms with E-state index in [-0.39, 0.29) is 23.8 Å². The molecule has 0 radical (unpaired) electrons. The highest BCUT2D eigenvalue weighted by atomic mass is 16.3. The van der Waals surface area contributed by atoms with Crippen molar-refractivity contribution < 1.29 is 14.0 Å². The van der Waals surface area contributed by atoms with Gasteiger partial charge in [0, 0.05) is 30.6 Å². The lowest BCUT2D eigenvalue weighted by molar-refractivity contribution is -0.126. The second kappa shape index (κ2) is 9.97. The standard InChI is InChI=1S/C28H31N5O3/c1-18(2)33-26-24(17-30-33)23(15-25(31-26)22-9-5-4-7-19(22)3)28(35)32-12-10-20(11-13-32)27(34)29-16-21-8-6-14-36-21/h4-9,14-15,17-18,20H,10-13,16H2,1-3H3,(H,29,34). The van der Waals surface area contributed by atoms with Gasteiger partial charge < -0.3 is 14.6 Å². The van der Waals surface area contributed by atoms with E-state index < -0.39 is 0 Å². The van der Waals surface area contributed by atoms with Crippen LogP contribution in [0.3, 0.4) is 0 Å². The number of aromatic nitrogens is 3. The Morgan fingerprint density at radius 3 is 2.61 bits per heavy atom. The minimum Gasteiger partial charge on any atom is -0.467 e. The summed E-state index contributed by atoms with van der Waals surface area (Å²) in [7, 11) is 0. The highest BCUT2D eigenvalue weighted by Crippen LogP contribution is 2.30. The number of likely N-dealkylation sites (tertiary alicyclic amines) is 1. The maximum Gasteiger partial charge on any atom is 0.254 e. The van der Waals surface area contributed by atoms with Crippen LogP contribution in [-0.4, -0.2) is 44.6 Å². The summed E-state index contributed by atoms with van der Waals surface area (Å²) in [5.74, 6) is 0.566. The van der Waals surface area contributed by atoms with Gasteiger partial charge in [-0.15, -0.1) is 0 Å². The Bertz CT molecular complexity index is 1380. The van der Waals surface area contributed by atoms with Gasteiger partial charge >= 0.3 is 0 Å². The van der Waals surface area contributed by atoms with E-state index in [4.69, 9.17) is 9.40 Å². The van der Waals surface area contributed by atoms with Crippen LogP contribution in [0.4, 0.5) is 0 Å². The number of hydrogen-bond donors (Lipinski definition) is 1. The number of nitrogens with zero attached hydrogens (tertiary/aromatic N) is 4. The molecule has 1 fully saturated rings. The first-order chi connectivity index (χ1) is 17.4. The highest BCUT2D eigenvalue weighted by molar-refractivity contribution is 6.06. The quantitative estimate of drug-likeness (QED) is 0.425. The van der Waals surface area contributed by atoms with E-state index in [1.54, 1.807) is 18.5 Å². The molecule has 0 aliphatic carbocycles. The second-order valence-electron chi connectivity index (χ2n) is 9.65. The smallest absolute Gasteiger partial charge is 0.254 e. The third-order valence-corrected chi connectivity index (χ3v) is 6.88. The first kappa shape index (κ1) is 23.8. The monoisotopic (exact) mass is 485 g/mol. The van der Waals surface area contributed by atoms with E-state index in [0.29, 0.717) is 43.7 Å². The molecule has 8 nitrogen and oxygen atoms in total. The zero-order chi connectivity index (χ0) is 25.2. The zero-order valence-corrected chi connectivity index (χ0v) is 20.9. The summed E-state index contributed by atoms with van der Waals surface area (Å²) < 4.78 is 7.15. The van der Waals surface area contributed by atoms with E-state index in [0.717, 1.165) is 28.0 Å². The maximum atomic E-state index is 13.8. The number of piperidine rings is 1. The van der Waals surface area contributed by atoms with Crippen molar-refractivity contribution in [1.29, 1.82) is 0 Å². The lowest BCUT2D eigenvalue weighted by Crippen LogP contribution is -2.43. The minimum atomic E-state index is -0.118. The van der Waals surface area contributed by atoms with E-state index in [1.807, 2.05) is 52.9 Å². The molecule has 4 heterocycles. The van der Waals surface area contributed by atoms with Gasteiger partial charge in [-0.25, -0.2) is 9.67 Å². The van der Waals surface area contributed by atoms with Crippen molar-refractivity contribution in [2.75, 3.05) is 13.1 Å². The fourth-order valence-corrected chi connectivity index (χ4v) is 4.82. The molecule has 2 amide bonds. The largest absolute Gasteiger partial charge is 0.467 e. The number of pyridine rings is 1. The van der Waals surface area contributed by atoms with Crippen LogP contribution in [0.15, 0.2) is 59.3 Å². The summed E-state index contributed by atoms with van der Waals surface area (Å²) in [5.41, 5.74) is 4.17. The summed E-state index contributed by atoms with van der Waals surface area (Å²) in [6.07, 6.45) is 4.59. The molecule has 5 rings (SSSR count). The predicted molar refractivity (Wildman–Crippen MR) is 137 cm³/mol. The number of rotatable bonds is 6. The number of aryl methyl sites for hydroxylation is 1. The first-order valence-corrected chi connectivity index (χ1v) is 12.5. The Morgan fingerprint density at radius 1 is 1.14 bits per heavy atom. The molecular weight excluding hydrogens is 454 g/mol. The molecule has 1 aliphatic rings. The molecule has 0 saturated carbocycles. The van der Waals surface area contributed by atoms with Crippen LogP contribution in [-0.2, 0) is 11.3 Å². The van der Waals surface area contributed by atoms with Crippen LogP contribution >= 0.6 is 0 Å². The van der Waals surface area contributed by atoms with Crippen molar-refractivity contribution in [2.24, 2.45) is 5.92 Å². The number of carbonyl (C=O) groups is 2. The second-order valence-corrected chi connectivity index (χ2v) is 9.65. The third kappa shape index (κ3) is 4.63. The van der Waals surface area contributed by atoms with Gasteiger partial charge in [0.05, 0.1) is 35.6 Å². The zero-order valence-electron chi connectivity index (χ0n) is 20.9. The maximum absolute atomic E-state index is 13.8. The summed E-state index contributed by atoms with van der Waals surface area (Å²) in [5, 5.41) is 8.24. The Balaban J connectivity index is 1.38. The Kier molecular flexibility index (Phi) is 6.59. The molecule has 1 aromatic carbocycles. The molecule has 0 bridgehead atoms. The Hall–Kier alpha value is -3.94. The predicted octanol–water partition coefficient (Wildman–Crippen LogP) is 4.75. The van der Waals surface area contributed by atoms with Crippen molar-refractivity contribution in [1.82, 2.24) is 25.0 Å². The molecule has 0 unspecified atom stereocenters. The Labute approximate surface area is 210 Å². The van der Waals surface area contributed by atoms with Crippen molar-refractivity contribution in [2.45, 2.75) is 46.2 Å². The van der Waals surface area contributed by atoms with Crippen LogP contribution in [0.2, 0.25) is 0 Å². The highest BCUT2D eigenvalue weighted by Gasteiger charge is 2.29. The molecule has 1 saturated heterocycles. The SMILES string of the molecule is Cc1ccccc1-c1cc(C(=O)N2CCC(C(=O)NCc3ccco3)CC2)c2cnn(C(C)C)c2n1. The Morgan fingerprint density at radius 2 is 1.92 bits per heavy atom. The van der Waals surface area contributed by atoms with Crippen LogP contribution in [0.25, 0.3) is 22.3 Å².